The number of rotatable bonds is 4. The molecule has 0 N–H and O–H groups in total. The predicted molar refractivity (Wildman–Crippen MR) is 117 cm³/mol. The van der Waals surface area contributed by atoms with Crippen LogP contribution in [0.1, 0.15) is 32.0 Å². The highest BCUT2D eigenvalue weighted by Crippen LogP contribution is 2.42. The number of hydrogen-bond donors (Lipinski definition) is 0. The van der Waals surface area contributed by atoms with Gasteiger partial charge in [0, 0.05) is 61.3 Å². The molecule has 156 valence electrons. The van der Waals surface area contributed by atoms with Gasteiger partial charge in [-0.2, -0.15) is 0 Å². The molecule has 2 aliphatic rings. The minimum atomic E-state index is -1.45. The third-order valence-corrected chi connectivity index (χ3v) is 6.57. The third kappa shape index (κ3) is 3.19. The van der Waals surface area contributed by atoms with E-state index >= 15 is 0 Å². The van der Waals surface area contributed by atoms with E-state index in [1.165, 1.54) is 12.4 Å². The van der Waals surface area contributed by atoms with Gasteiger partial charge in [-0.05, 0) is 11.6 Å². The normalized spacial score (nSPS) is 18.9. The van der Waals surface area contributed by atoms with E-state index in [0.29, 0.717) is 43.0 Å². The number of Topliss-reactive ketones (excluding diaryl/α,β-unsaturated/α-hetero) is 2. The Morgan fingerprint density at radius 3 is 2.13 bits per heavy atom. The minimum absolute atomic E-state index is 0.215. The smallest absolute Gasteiger partial charge is 0.198 e. The minimum Gasteiger partial charge on any atom is -0.296 e. The number of halogens is 1. The van der Waals surface area contributed by atoms with E-state index in [1.54, 1.807) is 30.5 Å². The zero-order chi connectivity index (χ0) is 21.4. The summed E-state index contributed by atoms with van der Waals surface area (Å²) in [5, 5.41) is 0.748. The maximum absolute atomic E-state index is 13.7. The monoisotopic (exact) mass is 432 g/mol. The molecule has 0 bridgehead atoms. The molecule has 1 saturated heterocycles. The lowest BCUT2D eigenvalue weighted by Gasteiger charge is -2.43. The van der Waals surface area contributed by atoms with Crippen LogP contribution in [0.3, 0.4) is 0 Å². The van der Waals surface area contributed by atoms with Gasteiger partial charge in [-0.3, -0.25) is 29.4 Å². The molecule has 0 unspecified atom stereocenters. The quantitative estimate of drug-likeness (QED) is 0.590. The van der Waals surface area contributed by atoms with Crippen LogP contribution in [0, 0.1) is 0 Å². The van der Waals surface area contributed by atoms with Crippen molar-refractivity contribution in [3.05, 3.63) is 94.5 Å². The topological polar surface area (TPSA) is 66.4 Å². The average molecular weight is 433 g/mol. The van der Waals surface area contributed by atoms with Crippen LogP contribution in [-0.2, 0) is 12.1 Å². The lowest BCUT2D eigenvalue weighted by atomic mass is 9.86. The number of piperazine rings is 1. The Balaban J connectivity index is 1.46. The Bertz CT molecular complexity index is 1110. The van der Waals surface area contributed by atoms with Crippen molar-refractivity contribution < 1.29 is 9.59 Å². The summed E-state index contributed by atoms with van der Waals surface area (Å²) in [4.78, 5) is 40.2. The highest BCUT2D eigenvalue weighted by Gasteiger charge is 2.59. The standard InChI is InChI=1S/C24H21ClN4O2/c25-20-8-4-1-5-17(20)16-28-11-13-29(14-12-28)24(21-15-26-9-10-27-21)22(30)18-6-2-3-7-19(18)23(24)31/h1-10,15H,11-14,16H2. The molecule has 0 amide bonds. The van der Waals surface area contributed by atoms with Crippen LogP contribution in [0.2, 0.25) is 5.02 Å². The molecule has 2 aromatic carbocycles. The summed E-state index contributed by atoms with van der Waals surface area (Å²) >= 11 is 6.33. The molecule has 3 aromatic rings. The highest BCUT2D eigenvalue weighted by atomic mass is 35.5. The van der Waals surface area contributed by atoms with Crippen LogP contribution in [0.4, 0.5) is 0 Å². The molecule has 1 fully saturated rings. The Labute approximate surface area is 185 Å². The number of nitrogens with zero attached hydrogens (tertiary/aromatic N) is 4. The largest absolute Gasteiger partial charge is 0.296 e. The Kier molecular flexibility index (Phi) is 5.14. The lowest BCUT2D eigenvalue weighted by Crippen LogP contribution is -2.60. The molecule has 0 radical (unpaired) electrons. The van der Waals surface area contributed by atoms with E-state index in [1.807, 2.05) is 29.2 Å². The number of aromatic nitrogens is 2. The fourth-order valence-electron chi connectivity index (χ4n) is 4.65. The van der Waals surface area contributed by atoms with Gasteiger partial charge in [-0.15, -0.1) is 0 Å². The van der Waals surface area contributed by atoms with Crippen LogP contribution >= 0.6 is 11.6 Å². The molecule has 5 rings (SSSR count). The SMILES string of the molecule is O=C1c2ccccc2C(=O)C1(c1cnccn1)N1CCN(Cc2ccccc2Cl)CC1. The number of carbonyl (C=O) groups is 2. The molecule has 0 saturated carbocycles. The molecular weight excluding hydrogens is 412 g/mol. The second kappa shape index (κ2) is 7.96. The summed E-state index contributed by atoms with van der Waals surface area (Å²) in [5.74, 6) is -0.429. The Morgan fingerprint density at radius 1 is 0.871 bits per heavy atom. The molecule has 1 aromatic heterocycles. The maximum atomic E-state index is 13.7. The summed E-state index contributed by atoms with van der Waals surface area (Å²) in [6, 6.07) is 14.8. The summed E-state index contributed by atoms with van der Waals surface area (Å²) in [5.41, 5.74) is 0.921. The molecule has 6 nitrogen and oxygen atoms in total. The van der Waals surface area contributed by atoms with Gasteiger partial charge >= 0.3 is 0 Å². The average Bonchev–Trinajstić information content (AvgIpc) is 3.04. The first-order valence-corrected chi connectivity index (χ1v) is 10.7. The second-order valence-electron chi connectivity index (χ2n) is 7.86. The van der Waals surface area contributed by atoms with Gasteiger partial charge in [-0.1, -0.05) is 54.1 Å². The lowest BCUT2D eigenvalue weighted by molar-refractivity contribution is 0.0265. The van der Waals surface area contributed by atoms with Crippen molar-refractivity contribution in [3.63, 3.8) is 0 Å². The van der Waals surface area contributed by atoms with Crippen molar-refractivity contribution in [1.82, 2.24) is 19.8 Å². The van der Waals surface area contributed by atoms with Gasteiger partial charge in [-0.25, -0.2) is 0 Å². The maximum Gasteiger partial charge on any atom is 0.198 e. The molecule has 7 heteroatoms. The summed E-state index contributed by atoms with van der Waals surface area (Å²) in [7, 11) is 0. The van der Waals surface area contributed by atoms with Crippen molar-refractivity contribution >= 4 is 23.2 Å². The van der Waals surface area contributed by atoms with E-state index in [0.717, 1.165) is 17.1 Å². The van der Waals surface area contributed by atoms with Crippen molar-refractivity contribution in [2.75, 3.05) is 26.2 Å². The molecule has 2 heterocycles. The highest BCUT2D eigenvalue weighted by molar-refractivity contribution is 6.32. The molecule has 1 aliphatic heterocycles. The van der Waals surface area contributed by atoms with Crippen molar-refractivity contribution in [2.45, 2.75) is 12.1 Å². The number of ketones is 2. The van der Waals surface area contributed by atoms with Crippen LogP contribution in [0.25, 0.3) is 0 Å². The van der Waals surface area contributed by atoms with E-state index < -0.39 is 5.54 Å². The van der Waals surface area contributed by atoms with Crippen molar-refractivity contribution in [1.29, 1.82) is 0 Å². The van der Waals surface area contributed by atoms with Crippen LogP contribution in [0.15, 0.2) is 67.1 Å². The Morgan fingerprint density at radius 2 is 1.52 bits per heavy atom. The zero-order valence-corrected chi connectivity index (χ0v) is 17.6. The number of fused-ring (bicyclic) bond motifs is 1. The number of carbonyl (C=O) groups excluding carboxylic acids is 2. The second-order valence-corrected chi connectivity index (χ2v) is 8.27. The molecule has 31 heavy (non-hydrogen) atoms. The fourth-order valence-corrected chi connectivity index (χ4v) is 4.84. The van der Waals surface area contributed by atoms with Gasteiger partial charge < -0.3 is 0 Å². The van der Waals surface area contributed by atoms with E-state index in [4.69, 9.17) is 11.6 Å². The van der Waals surface area contributed by atoms with Crippen molar-refractivity contribution in [2.24, 2.45) is 0 Å². The molecule has 0 spiro atoms. The fraction of sp³-hybridized carbons (Fsp3) is 0.250. The molecule has 0 atom stereocenters. The van der Waals surface area contributed by atoms with Crippen LogP contribution < -0.4 is 0 Å². The molecule has 1 aliphatic carbocycles. The first-order chi connectivity index (χ1) is 15.1. The van der Waals surface area contributed by atoms with E-state index in [2.05, 4.69) is 14.9 Å². The van der Waals surface area contributed by atoms with Crippen LogP contribution in [-0.4, -0.2) is 57.5 Å². The Hall–Kier alpha value is -2.93. The molecular formula is C24H21ClN4O2. The van der Waals surface area contributed by atoms with Gasteiger partial charge in [0.25, 0.3) is 0 Å². The third-order valence-electron chi connectivity index (χ3n) is 6.21. The van der Waals surface area contributed by atoms with E-state index in [9.17, 15) is 9.59 Å². The zero-order valence-electron chi connectivity index (χ0n) is 16.9. The van der Waals surface area contributed by atoms with Gasteiger partial charge in [0.1, 0.15) is 0 Å². The summed E-state index contributed by atoms with van der Waals surface area (Å²) in [6.07, 6.45) is 4.63. The van der Waals surface area contributed by atoms with E-state index in [-0.39, 0.29) is 11.6 Å². The number of hydrogen-bond acceptors (Lipinski definition) is 6. The van der Waals surface area contributed by atoms with Crippen LogP contribution in [0.5, 0.6) is 0 Å². The van der Waals surface area contributed by atoms with Gasteiger partial charge in [0.2, 0.25) is 0 Å². The van der Waals surface area contributed by atoms with Gasteiger partial charge in [0.15, 0.2) is 17.1 Å². The first-order valence-electron chi connectivity index (χ1n) is 10.3. The predicted octanol–water partition coefficient (Wildman–Crippen LogP) is 3.22. The summed E-state index contributed by atoms with van der Waals surface area (Å²) in [6.45, 7) is 3.28. The number of benzene rings is 2. The first kappa shape index (κ1) is 20.0. The van der Waals surface area contributed by atoms with Gasteiger partial charge in [0.05, 0.1) is 11.9 Å². The summed E-state index contributed by atoms with van der Waals surface area (Å²) < 4.78 is 0. The van der Waals surface area contributed by atoms with Crippen molar-refractivity contribution in [3.8, 4) is 0 Å².